The van der Waals surface area contributed by atoms with Crippen LogP contribution in [0.25, 0.3) is 0 Å². The summed E-state index contributed by atoms with van der Waals surface area (Å²) in [6.45, 7) is 12.1. The molecule has 0 bridgehead atoms. The minimum atomic E-state index is -2.87. The van der Waals surface area contributed by atoms with E-state index in [1.54, 1.807) is 20.8 Å². The number of rotatable bonds is 8. The zero-order valence-corrected chi connectivity index (χ0v) is 25.4. The van der Waals surface area contributed by atoms with E-state index >= 15 is 0 Å². The van der Waals surface area contributed by atoms with Gasteiger partial charge in [-0.2, -0.15) is 0 Å². The maximum absolute atomic E-state index is 13.6. The number of nitrogens with zero attached hydrogens (tertiary/aromatic N) is 1. The molecule has 0 aromatic heterocycles. The van der Waals surface area contributed by atoms with E-state index in [-0.39, 0.29) is 24.2 Å². The lowest BCUT2D eigenvalue weighted by Crippen LogP contribution is -2.67. The highest BCUT2D eigenvalue weighted by Gasteiger charge is 2.56. The van der Waals surface area contributed by atoms with Crippen LogP contribution in [0.1, 0.15) is 60.8 Å². The molecule has 37 heavy (non-hydrogen) atoms. The third-order valence-corrected chi connectivity index (χ3v) is 12.8. The zero-order chi connectivity index (χ0) is 27.5. The van der Waals surface area contributed by atoms with Crippen LogP contribution in [0.4, 0.5) is 4.79 Å². The van der Waals surface area contributed by atoms with Gasteiger partial charge in [-0.1, -0.05) is 97.4 Å². The summed E-state index contributed by atoms with van der Waals surface area (Å²) in [6.07, 6.45) is 0.570. The topological polar surface area (TPSA) is 76.1 Å². The van der Waals surface area contributed by atoms with E-state index in [9.17, 15) is 14.7 Å². The second kappa shape index (κ2) is 11.4. The number of aliphatic hydroxyl groups is 1. The standard InChI is InChI=1S/C29H40BrNO5Si/c1-27(2,3)36-26(34)31-22(20-29(30,25(31)33)18-13-19-32)21-35-37(28(4,5)6,23-14-9-7-10-15-23)24-16-11-8-12-17-24/h7-12,14-17,22,32H,13,18-21H2,1-6H3/t22-,29+/m0/s1. The summed E-state index contributed by atoms with van der Waals surface area (Å²) < 4.78 is 11.8. The van der Waals surface area contributed by atoms with Crippen molar-refractivity contribution in [3.63, 3.8) is 0 Å². The first-order valence-corrected chi connectivity index (χ1v) is 15.6. The van der Waals surface area contributed by atoms with Gasteiger partial charge >= 0.3 is 6.09 Å². The molecule has 3 rings (SSSR count). The van der Waals surface area contributed by atoms with Gasteiger partial charge in [0, 0.05) is 6.61 Å². The van der Waals surface area contributed by atoms with Crippen LogP contribution in [0.3, 0.4) is 0 Å². The van der Waals surface area contributed by atoms with Crippen LogP contribution in [0, 0.1) is 0 Å². The Hall–Kier alpha value is -2.00. The van der Waals surface area contributed by atoms with E-state index in [0.717, 1.165) is 10.4 Å². The third kappa shape index (κ3) is 6.36. The number of hydrogen-bond donors (Lipinski definition) is 1. The first kappa shape index (κ1) is 29.6. The van der Waals surface area contributed by atoms with E-state index in [4.69, 9.17) is 9.16 Å². The third-order valence-electron chi connectivity index (χ3n) is 6.76. The highest BCUT2D eigenvalue weighted by atomic mass is 79.9. The van der Waals surface area contributed by atoms with Crippen molar-refractivity contribution in [1.29, 1.82) is 0 Å². The summed E-state index contributed by atoms with van der Waals surface area (Å²) in [6, 6.07) is 20.1. The average molecular weight is 591 g/mol. The number of ether oxygens (including phenoxy) is 1. The Kier molecular flexibility index (Phi) is 9.10. The molecule has 1 fully saturated rings. The highest BCUT2D eigenvalue weighted by molar-refractivity contribution is 9.10. The van der Waals surface area contributed by atoms with E-state index in [1.807, 2.05) is 36.4 Å². The molecule has 6 nitrogen and oxygen atoms in total. The van der Waals surface area contributed by atoms with Gasteiger partial charge < -0.3 is 14.3 Å². The maximum Gasteiger partial charge on any atom is 0.417 e. The van der Waals surface area contributed by atoms with Crippen LogP contribution in [-0.4, -0.2) is 59.5 Å². The SMILES string of the molecule is CC(C)(C)OC(=O)N1C(=O)[C@@](Br)(CCCO)C[C@H]1CO[Si](c1ccccc1)(c1ccccc1)C(C)(C)C. The number of benzene rings is 2. The minimum Gasteiger partial charge on any atom is -0.443 e. The molecule has 0 saturated carbocycles. The smallest absolute Gasteiger partial charge is 0.417 e. The van der Waals surface area contributed by atoms with Crippen molar-refractivity contribution >= 4 is 46.6 Å². The molecule has 2 amide bonds. The van der Waals surface area contributed by atoms with Crippen LogP contribution in [0.2, 0.25) is 5.04 Å². The molecule has 1 aliphatic heterocycles. The second-order valence-electron chi connectivity index (χ2n) is 11.8. The lowest BCUT2D eigenvalue weighted by molar-refractivity contribution is -0.130. The van der Waals surface area contributed by atoms with Crippen molar-refractivity contribution in [2.75, 3.05) is 13.2 Å². The van der Waals surface area contributed by atoms with Crippen molar-refractivity contribution in [3.05, 3.63) is 60.7 Å². The largest absolute Gasteiger partial charge is 0.443 e. The molecule has 202 valence electrons. The molecular formula is C29H40BrNO5Si. The number of likely N-dealkylation sites (tertiary alicyclic amines) is 1. The summed E-state index contributed by atoms with van der Waals surface area (Å²) in [4.78, 5) is 28.1. The van der Waals surface area contributed by atoms with Crippen LogP contribution >= 0.6 is 15.9 Å². The summed E-state index contributed by atoms with van der Waals surface area (Å²) >= 11 is 3.64. The molecule has 1 N–H and O–H groups in total. The first-order chi connectivity index (χ1) is 17.2. The lowest BCUT2D eigenvalue weighted by atomic mass is 9.99. The first-order valence-electron chi connectivity index (χ1n) is 12.9. The van der Waals surface area contributed by atoms with Gasteiger partial charge in [-0.15, -0.1) is 0 Å². The van der Waals surface area contributed by atoms with Crippen molar-refractivity contribution < 1.29 is 23.9 Å². The summed E-state index contributed by atoms with van der Waals surface area (Å²) in [5.41, 5.74) is -0.747. The Bertz CT molecular complexity index is 1030. The number of imide groups is 1. The molecule has 8 heteroatoms. The van der Waals surface area contributed by atoms with Gasteiger partial charge in [0.25, 0.3) is 8.32 Å². The van der Waals surface area contributed by atoms with Crippen molar-refractivity contribution in [3.8, 4) is 0 Å². The van der Waals surface area contributed by atoms with Gasteiger partial charge in [-0.05, 0) is 55.4 Å². The van der Waals surface area contributed by atoms with E-state index in [0.29, 0.717) is 19.3 Å². The van der Waals surface area contributed by atoms with Crippen LogP contribution < -0.4 is 10.4 Å². The highest BCUT2D eigenvalue weighted by Crippen LogP contribution is 2.42. The Morgan fingerprint density at radius 2 is 1.54 bits per heavy atom. The van der Waals surface area contributed by atoms with Gasteiger partial charge in [0.1, 0.15) is 9.93 Å². The van der Waals surface area contributed by atoms with Crippen molar-refractivity contribution in [2.45, 2.75) is 81.8 Å². The normalized spacial score (nSPS) is 20.8. The maximum atomic E-state index is 13.6. The number of carbonyl (C=O) groups is 2. The summed E-state index contributed by atoms with van der Waals surface area (Å²) in [5, 5.41) is 11.4. The van der Waals surface area contributed by atoms with Gasteiger partial charge in [-0.3, -0.25) is 4.79 Å². The number of alkyl halides is 1. The minimum absolute atomic E-state index is 0.0315. The molecule has 1 saturated heterocycles. The monoisotopic (exact) mass is 589 g/mol. The molecule has 0 unspecified atom stereocenters. The summed E-state index contributed by atoms with van der Waals surface area (Å²) in [7, 11) is -2.87. The number of aliphatic hydroxyl groups excluding tert-OH is 1. The van der Waals surface area contributed by atoms with Crippen molar-refractivity contribution in [1.82, 2.24) is 4.90 Å². The predicted molar refractivity (Wildman–Crippen MR) is 153 cm³/mol. The van der Waals surface area contributed by atoms with Gasteiger partial charge in [0.2, 0.25) is 5.91 Å². The second-order valence-corrected chi connectivity index (χ2v) is 17.6. The number of hydrogen-bond acceptors (Lipinski definition) is 5. The lowest BCUT2D eigenvalue weighted by Gasteiger charge is -2.44. The van der Waals surface area contributed by atoms with Crippen LogP contribution in [0.5, 0.6) is 0 Å². The number of carbonyl (C=O) groups excluding carboxylic acids is 2. The zero-order valence-electron chi connectivity index (χ0n) is 22.8. The van der Waals surface area contributed by atoms with Gasteiger partial charge in [0.05, 0.1) is 12.6 Å². The molecule has 0 radical (unpaired) electrons. The fourth-order valence-electron chi connectivity index (χ4n) is 5.16. The van der Waals surface area contributed by atoms with Crippen LogP contribution in [0.15, 0.2) is 60.7 Å². The Morgan fingerprint density at radius 1 is 1.03 bits per heavy atom. The fraction of sp³-hybridized carbons (Fsp3) is 0.517. The molecular weight excluding hydrogens is 550 g/mol. The van der Waals surface area contributed by atoms with E-state index in [2.05, 4.69) is 61.0 Å². The van der Waals surface area contributed by atoms with Crippen molar-refractivity contribution in [2.24, 2.45) is 0 Å². The summed E-state index contributed by atoms with van der Waals surface area (Å²) in [5.74, 6) is -0.341. The predicted octanol–water partition coefficient (Wildman–Crippen LogP) is 5.01. The molecule has 0 spiro atoms. The average Bonchev–Trinajstić information content (AvgIpc) is 3.07. The number of halogens is 1. The van der Waals surface area contributed by atoms with Crippen LogP contribution in [-0.2, 0) is 14.0 Å². The Labute approximate surface area is 230 Å². The van der Waals surface area contributed by atoms with Gasteiger partial charge in [0.15, 0.2) is 0 Å². The van der Waals surface area contributed by atoms with Gasteiger partial charge in [-0.25, -0.2) is 9.69 Å². The molecule has 1 heterocycles. The molecule has 2 atom stereocenters. The molecule has 2 aromatic rings. The molecule has 1 aliphatic rings. The Morgan fingerprint density at radius 3 is 1.97 bits per heavy atom. The van der Waals surface area contributed by atoms with E-state index < -0.39 is 30.4 Å². The Balaban J connectivity index is 2.05. The molecule has 2 aromatic carbocycles. The quantitative estimate of drug-likeness (QED) is 0.346. The van der Waals surface area contributed by atoms with E-state index in [1.165, 1.54) is 4.90 Å². The fourth-order valence-corrected chi connectivity index (χ4v) is 10.6. The number of amides is 2. The molecule has 0 aliphatic carbocycles.